The molecule has 2 aromatic heterocycles. The number of fused-ring (bicyclic) bond motifs is 2. The lowest BCUT2D eigenvalue weighted by atomic mass is 10.0. The lowest BCUT2D eigenvalue weighted by Gasteiger charge is -2.07. The summed E-state index contributed by atoms with van der Waals surface area (Å²) in [6.07, 6.45) is 6.23. The van der Waals surface area contributed by atoms with E-state index in [9.17, 15) is 4.79 Å². The van der Waals surface area contributed by atoms with E-state index >= 15 is 0 Å². The first kappa shape index (κ1) is 14.9. The Hall–Kier alpha value is -2.07. The van der Waals surface area contributed by atoms with E-state index in [4.69, 9.17) is 0 Å². The number of aromatic nitrogens is 3. The minimum Gasteiger partial charge on any atom is -0.350 e. The number of nitrogens with one attached hydrogen (secondary N) is 1. The van der Waals surface area contributed by atoms with Gasteiger partial charge < -0.3 is 9.55 Å². The lowest BCUT2D eigenvalue weighted by Crippen LogP contribution is -2.03. The summed E-state index contributed by atoms with van der Waals surface area (Å²) in [5.74, 6) is 0.472. The summed E-state index contributed by atoms with van der Waals surface area (Å²) in [7, 11) is 1.96. The minimum absolute atomic E-state index is 0. The van der Waals surface area contributed by atoms with Crippen molar-refractivity contribution in [3.8, 4) is 0 Å². The number of carbonyl (C=O) groups excluding carboxylic acids is 1. The molecule has 5 heteroatoms. The SMILES string of the molecule is Cl.Cn1cc(C(=O)c2nc3c([nH]2)CCCC3)c2ccccc21. The molecule has 4 rings (SSSR count). The molecule has 1 aliphatic rings. The van der Waals surface area contributed by atoms with Crippen LogP contribution in [0, 0.1) is 0 Å². The van der Waals surface area contributed by atoms with Gasteiger partial charge in [0.15, 0.2) is 5.82 Å². The van der Waals surface area contributed by atoms with E-state index in [2.05, 4.69) is 9.97 Å². The van der Waals surface area contributed by atoms with Gasteiger partial charge in [-0.1, -0.05) is 18.2 Å². The van der Waals surface area contributed by atoms with E-state index in [-0.39, 0.29) is 18.2 Å². The van der Waals surface area contributed by atoms with E-state index in [0.717, 1.165) is 40.7 Å². The maximum atomic E-state index is 12.8. The molecule has 114 valence electrons. The van der Waals surface area contributed by atoms with Gasteiger partial charge in [-0.15, -0.1) is 12.4 Å². The van der Waals surface area contributed by atoms with E-state index < -0.39 is 0 Å². The van der Waals surface area contributed by atoms with Crippen molar-refractivity contribution >= 4 is 29.1 Å². The molecule has 3 aromatic rings. The molecular formula is C17H18ClN3O. The molecule has 22 heavy (non-hydrogen) atoms. The van der Waals surface area contributed by atoms with Crippen molar-refractivity contribution in [2.45, 2.75) is 25.7 Å². The number of hydrogen-bond donors (Lipinski definition) is 1. The van der Waals surface area contributed by atoms with Crippen LogP contribution in [0.5, 0.6) is 0 Å². The summed E-state index contributed by atoms with van der Waals surface area (Å²) in [6.45, 7) is 0. The van der Waals surface area contributed by atoms with Crippen molar-refractivity contribution in [2.24, 2.45) is 7.05 Å². The molecule has 0 aliphatic heterocycles. The van der Waals surface area contributed by atoms with Crippen molar-refractivity contribution in [2.75, 3.05) is 0 Å². The molecule has 0 spiro atoms. The minimum atomic E-state index is -0.0128. The first-order valence-corrected chi connectivity index (χ1v) is 7.40. The Morgan fingerprint density at radius 1 is 1.23 bits per heavy atom. The summed E-state index contributed by atoms with van der Waals surface area (Å²) in [6, 6.07) is 7.97. The summed E-state index contributed by atoms with van der Waals surface area (Å²) in [5.41, 5.74) is 4.01. The topological polar surface area (TPSA) is 50.7 Å². The molecule has 0 amide bonds. The van der Waals surface area contributed by atoms with E-state index in [1.807, 2.05) is 42.1 Å². The van der Waals surface area contributed by atoms with Gasteiger partial charge >= 0.3 is 0 Å². The van der Waals surface area contributed by atoms with Gasteiger partial charge in [0.25, 0.3) is 0 Å². The third-order valence-corrected chi connectivity index (χ3v) is 4.31. The van der Waals surface area contributed by atoms with Gasteiger partial charge in [-0.25, -0.2) is 4.98 Å². The molecule has 1 N–H and O–H groups in total. The highest BCUT2D eigenvalue weighted by atomic mass is 35.5. The second-order valence-electron chi connectivity index (χ2n) is 5.72. The number of hydrogen-bond acceptors (Lipinski definition) is 2. The third-order valence-electron chi connectivity index (χ3n) is 4.31. The normalized spacial score (nSPS) is 13.7. The Labute approximate surface area is 135 Å². The average molecular weight is 316 g/mol. The zero-order valence-electron chi connectivity index (χ0n) is 12.4. The largest absolute Gasteiger partial charge is 0.350 e. The number of aryl methyl sites for hydroxylation is 3. The predicted octanol–water partition coefficient (Wildman–Crippen LogP) is 3.43. The Kier molecular flexibility index (Phi) is 3.79. The quantitative estimate of drug-likeness (QED) is 0.737. The number of aromatic amines is 1. The molecule has 0 radical (unpaired) electrons. The first-order valence-electron chi connectivity index (χ1n) is 7.40. The molecule has 0 bridgehead atoms. The van der Waals surface area contributed by atoms with Crippen LogP contribution in [0.25, 0.3) is 10.9 Å². The lowest BCUT2D eigenvalue weighted by molar-refractivity contribution is 0.103. The van der Waals surface area contributed by atoms with E-state index in [0.29, 0.717) is 5.82 Å². The predicted molar refractivity (Wildman–Crippen MR) is 88.8 cm³/mol. The fourth-order valence-corrected chi connectivity index (χ4v) is 3.21. The molecule has 1 aliphatic carbocycles. The highest BCUT2D eigenvalue weighted by Gasteiger charge is 2.21. The van der Waals surface area contributed by atoms with Crippen molar-refractivity contribution in [3.05, 3.63) is 53.2 Å². The number of rotatable bonds is 2. The molecule has 0 saturated carbocycles. The van der Waals surface area contributed by atoms with Crippen LogP contribution in [-0.2, 0) is 19.9 Å². The molecule has 0 saturated heterocycles. The highest BCUT2D eigenvalue weighted by molar-refractivity contribution is 6.14. The summed E-state index contributed by atoms with van der Waals surface area (Å²) in [5, 5.41) is 0.986. The number of H-pyrrole nitrogens is 1. The molecule has 0 unspecified atom stereocenters. The Bertz CT molecular complexity index is 823. The van der Waals surface area contributed by atoms with Crippen LogP contribution in [0.3, 0.4) is 0 Å². The van der Waals surface area contributed by atoms with Gasteiger partial charge in [0.2, 0.25) is 5.78 Å². The standard InChI is InChI=1S/C17H17N3O.ClH/c1-20-10-12(11-6-2-5-9-15(11)20)16(21)17-18-13-7-3-4-8-14(13)19-17;/h2,5-6,9-10H,3-4,7-8H2,1H3,(H,18,19);1H. The van der Waals surface area contributed by atoms with Gasteiger partial charge in [-0.2, -0.15) is 0 Å². The highest BCUT2D eigenvalue weighted by Crippen LogP contribution is 2.24. The van der Waals surface area contributed by atoms with Crippen LogP contribution in [0.1, 0.15) is 40.4 Å². The van der Waals surface area contributed by atoms with E-state index in [1.165, 1.54) is 12.8 Å². The fourth-order valence-electron chi connectivity index (χ4n) is 3.21. The molecule has 1 aromatic carbocycles. The zero-order valence-corrected chi connectivity index (χ0v) is 13.2. The zero-order chi connectivity index (χ0) is 14.4. The number of para-hydroxylation sites is 1. The molecule has 0 fully saturated rings. The average Bonchev–Trinajstić information content (AvgIpc) is 3.09. The van der Waals surface area contributed by atoms with Crippen molar-refractivity contribution < 1.29 is 4.79 Å². The van der Waals surface area contributed by atoms with Gasteiger partial charge in [0, 0.05) is 29.8 Å². The Balaban J connectivity index is 0.00000144. The number of carbonyl (C=O) groups is 1. The third kappa shape index (κ3) is 2.24. The van der Waals surface area contributed by atoms with Gasteiger partial charge in [-0.3, -0.25) is 4.79 Å². The summed E-state index contributed by atoms with van der Waals surface area (Å²) >= 11 is 0. The van der Waals surface area contributed by atoms with Crippen molar-refractivity contribution in [1.82, 2.24) is 14.5 Å². The summed E-state index contributed by atoms with van der Waals surface area (Å²) in [4.78, 5) is 20.5. The van der Waals surface area contributed by atoms with Crippen molar-refractivity contribution in [1.29, 1.82) is 0 Å². The summed E-state index contributed by atoms with van der Waals surface area (Å²) < 4.78 is 1.99. The van der Waals surface area contributed by atoms with Crippen LogP contribution >= 0.6 is 12.4 Å². The number of halogens is 1. The van der Waals surface area contributed by atoms with Crippen LogP contribution in [0.15, 0.2) is 30.5 Å². The van der Waals surface area contributed by atoms with Crippen LogP contribution in [0.2, 0.25) is 0 Å². The Morgan fingerprint density at radius 3 is 2.82 bits per heavy atom. The number of benzene rings is 1. The maximum Gasteiger partial charge on any atom is 0.230 e. The van der Waals surface area contributed by atoms with Crippen LogP contribution < -0.4 is 0 Å². The van der Waals surface area contributed by atoms with Gasteiger partial charge in [0.1, 0.15) is 0 Å². The number of nitrogens with zero attached hydrogens (tertiary/aromatic N) is 2. The van der Waals surface area contributed by atoms with Gasteiger partial charge in [0.05, 0.1) is 11.3 Å². The number of imidazole rings is 1. The fraction of sp³-hybridized carbons (Fsp3) is 0.294. The van der Waals surface area contributed by atoms with Crippen LogP contribution in [0.4, 0.5) is 0 Å². The maximum absolute atomic E-state index is 12.8. The van der Waals surface area contributed by atoms with Crippen molar-refractivity contribution in [3.63, 3.8) is 0 Å². The molecule has 2 heterocycles. The van der Waals surface area contributed by atoms with Crippen LogP contribution in [-0.4, -0.2) is 20.3 Å². The van der Waals surface area contributed by atoms with E-state index in [1.54, 1.807) is 0 Å². The second kappa shape index (κ2) is 5.61. The molecule has 4 nitrogen and oxygen atoms in total. The first-order chi connectivity index (χ1) is 10.2. The molecular weight excluding hydrogens is 298 g/mol. The smallest absolute Gasteiger partial charge is 0.230 e. The number of ketones is 1. The second-order valence-corrected chi connectivity index (χ2v) is 5.72. The van der Waals surface area contributed by atoms with Gasteiger partial charge in [-0.05, 0) is 31.7 Å². The Morgan fingerprint density at radius 2 is 2.00 bits per heavy atom. The molecule has 0 atom stereocenters. The monoisotopic (exact) mass is 315 g/mol.